The Labute approximate surface area is 152 Å². The lowest BCUT2D eigenvalue weighted by atomic mass is 9.95. The third-order valence-electron chi connectivity index (χ3n) is 4.06. The van der Waals surface area contributed by atoms with E-state index in [1.54, 1.807) is 24.4 Å². The van der Waals surface area contributed by atoms with E-state index in [1.807, 2.05) is 6.92 Å². The Bertz CT molecular complexity index is 820. The number of Topliss-reactive ketones (excluding diaryl/α,β-unsaturated/α-hetero) is 1. The quantitative estimate of drug-likeness (QED) is 0.512. The molecule has 136 valence electrons. The van der Waals surface area contributed by atoms with E-state index in [2.05, 4.69) is 9.97 Å². The summed E-state index contributed by atoms with van der Waals surface area (Å²) in [6.45, 7) is 1.89. The summed E-state index contributed by atoms with van der Waals surface area (Å²) in [7, 11) is -3.59. The number of nitrogens with one attached hydrogen (secondary N) is 1. The van der Waals surface area contributed by atoms with Crippen molar-refractivity contribution in [3.8, 4) is 0 Å². The van der Waals surface area contributed by atoms with Gasteiger partial charge in [-0.15, -0.1) is 0 Å². The number of aryl methyl sites for hydroxylation is 1. The van der Waals surface area contributed by atoms with Crippen LogP contribution in [0, 0.1) is 5.92 Å². The van der Waals surface area contributed by atoms with Gasteiger partial charge in [0.2, 0.25) is 10.0 Å². The summed E-state index contributed by atoms with van der Waals surface area (Å²) in [6, 6.07) is 5.14. The van der Waals surface area contributed by atoms with Crippen molar-refractivity contribution in [2.45, 2.75) is 38.4 Å². The Hall–Kier alpha value is -1.70. The number of hydrogen-bond acceptors (Lipinski definition) is 4. The second-order valence-corrected chi connectivity index (χ2v) is 8.24. The average molecular weight is 384 g/mol. The number of halogens is 1. The summed E-state index contributed by atoms with van der Waals surface area (Å²) in [4.78, 5) is 18.9. The smallest absolute Gasteiger partial charge is 0.213 e. The molecular formula is C17H22ClN3O3S. The zero-order chi connectivity index (χ0) is 18.4. The molecule has 3 N–H and O–H groups in total. The lowest BCUT2D eigenvalue weighted by molar-refractivity contribution is 0.0918. The molecule has 0 spiro atoms. The van der Waals surface area contributed by atoms with Crippen LogP contribution in [0.3, 0.4) is 0 Å². The van der Waals surface area contributed by atoms with Crippen LogP contribution in [0.2, 0.25) is 5.02 Å². The Kier molecular flexibility index (Phi) is 6.75. The number of unbranched alkanes of at least 4 members (excludes halogenated alkanes) is 1. The van der Waals surface area contributed by atoms with Crippen molar-refractivity contribution < 1.29 is 13.2 Å². The molecule has 0 saturated carbocycles. The first-order valence-electron chi connectivity index (χ1n) is 8.07. The molecule has 0 amide bonds. The van der Waals surface area contributed by atoms with Gasteiger partial charge in [0.05, 0.1) is 12.1 Å². The molecular weight excluding hydrogens is 362 g/mol. The highest BCUT2D eigenvalue weighted by molar-refractivity contribution is 7.88. The maximum Gasteiger partial charge on any atom is 0.213 e. The number of H-pyrrole nitrogens is 1. The van der Waals surface area contributed by atoms with Gasteiger partial charge in [0.15, 0.2) is 5.78 Å². The number of aromatic nitrogens is 2. The standard InChI is InChI=1S/C17H22ClN3O3S/c1-12(17(22)16-9-20-11-21-16)4-2-3-5-13-8-15(18)7-6-14(13)10-25(19,23)24/h6-9,11-12H,2-5,10H2,1H3,(H,20,21)(H2,19,23,24). The molecule has 8 heteroatoms. The summed E-state index contributed by atoms with van der Waals surface area (Å²) in [5, 5.41) is 5.71. The van der Waals surface area contributed by atoms with Gasteiger partial charge in [-0.25, -0.2) is 18.5 Å². The number of benzene rings is 1. The lowest BCUT2D eigenvalue weighted by Gasteiger charge is -2.11. The van der Waals surface area contributed by atoms with Crippen LogP contribution in [0.1, 0.15) is 47.8 Å². The van der Waals surface area contributed by atoms with E-state index in [0.29, 0.717) is 22.7 Å². The maximum atomic E-state index is 12.1. The number of carbonyl (C=O) groups is 1. The first-order chi connectivity index (χ1) is 11.8. The number of aromatic amines is 1. The van der Waals surface area contributed by atoms with Crippen molar-refractivity contribution in [2.75, 3.05) is 0 Å². The van der Waals surface area contributed by atoms with Crippen molar-refractivity contribution in [1.82, 2.24) is 9.97 Å². The molecule has 0 aliphatic carbocycles. The minimum absolute atomic E-state index is 0.0268. The molecule has 1 aromatic heterocycles. The summed E-state index contributed by atoms with van der Waals surface area (Å²) in [6.07, 6.45) is 6.21. The molecule has 2 aromatic rings. The maximum absolute atomic E-state index is 12.1. The Morgan fingerprint density at radius 2 is 2.08 bits per heavy atom. The average Bonchev–Trinajstić information content (AvgIpc) is 3.06. The number of carbonyl (C=O) groups excluding carboxylic acids is 1. The van der Waals surface area contributed by atoms with Crippen LogP contribution in [-0.2, 0) is 22.2 Å². The van der Waals surface area contributed by atoms with Gasteiger partial charge >= 0.3 is 0 Å². The van der Waals surface area contributed by atoms with Crippen LogP contribution in [0.25, 0.3) is 0 Å². The number of hydrogen-bond donors (Lipinski definition) is 2. The Morgan fingerprint density at radius 1 is 1.32 bits per heavy atom. The van der Waals surface area contributed by atoms with Gasteiger partial charge in [0, 0.05) is 17.1 Å². The Morgan fingerprint density at radius 3 is 2.72 bits per heavy atom. The highest BCUT2D eigenvalue weighted by atomic mass is 35.5. The molecule has 2 rings (SSSR count). The van der Waals surface area contributed by atoms with Crippen LogP contribution in [0.5, 0.6) is 0 Å². The topological polar surface area (TPSA) is 106 Å². The van der Waals surface area contributed by atoms with E-state index >= 15 is 0 Å². The minimum Gasteiger partial charge on any atom is -0.350 e. The molecule has 1 heterocycles. The van der Waals surface area contributed by atoms with Gasteiger partial charge in [0.1, 0.15) is 5.69 Å². The SMILES string of the molecule is CC(CCCCc1cc(Cl)ccc1CS(N)(=O)=O)C(=O)c1c[nH]cn1. The monoisotopic (exact) mass is 383 g/mol. The molecule has 1 atom stereocenters. The first-order valence-corrected chi connectivity index (χ1v) is 10.2. The van der Waals surface area contributed by atoms with E-state index in [-0.39, 0.29) is 17.5 Å². The molecule has 0 aliphatic heterocycles. The van der Waals surface area contributed by atoms with Crippen LogP contribution in [0.4, 0.5) is 0 Å². The Balaban J connectivity index is 1.89. The van der Waals surface area contributed by atoms with Crippen molar-refractivity contribution in [3.63, 3.8) is 0 Å². The number of imidazole rings is 1. The lowest BCUT2D eigenvalue weighted by Crippen LogP contribution is -2.15. The third-order valence-corrected chi connectivity index (χ3v) is 5.00. The second kappa shape index (κ2) is 8.60. The number of primary sulfonamides is 1. The predicted molar refractivity (Wildman–Crippen MR) is 97.9 cm³/mol. The molecule has 25 heavy (non-hydrogen) atoms. The number of ketones is 1. The number of sulfonamides is 1. The van der Waals surface area contributed by atoms with E-state index < -0.39 is 10.0 Å². The van der Waals surface area contributed by atoms with Crippen LogP contribution in [0.15, 0.2) is 30.7 Å². The highest BCUT2D eigenvalue weighted by Gasteiger charge is 2.16. The van der Waals surface area contributed by atoms with Crippen molar-refractivity contribution in [3.05, 3.63) is 52.6 Å². The normalized spacial score (nSPS) is 12.9. The molecule has 0 radical (unpaired) electrons. The molecule has 0 saturated heterocycles. The fourth-order valence-corrected chi connectivity index (χ4v) is 3.64. The molecule has 0 bridgehead atoms. The van der Waals surface area contributed by atoms with E-state index in [9.17, 15) is 13.2 Å². The highest BCUT2D eigenvalue weighted by Crippen LogP contribution is 2.21. The zero-order valence-corrected chi connectivity index (χ0v) is 15.6. The van der Waals surface area contributed by atoms with Crippen LogP contribution >= 0.6 is 11.6 Å². The summed E-state index contributed by atoms with van der Waals surface area (Å²) in [5.41, 5.74) is 2.01. The van der Waals surface area contributed by atoms with Crippen molar-refractivity contribution >= 4 is 27.4 Å². The predicted octanol–water partition coefficient (Wildman–Crippen LogP) is 3.08. The largest absolute Gasteiger partial charge is 0.350 e. The van der Waals surface area contributed by atoms with Gasteiger partial charge < -0.3 is 4.98 Å². The number of rotatable bonds is 9. The molecule has 1 aromatic carbocycles. The summed E-state index contributed by atoms with van der Waals surface area (Å²) < 4.78 is 22.7. The van der Waals surface area contributed by atoms with E-state index in [1.165, 1.54) is 6.33 Å². The van der Waals surface area contributed by atoms with Crippen molar-refractivity contribution in [1.29, 1.82) is 0 Å². The fraction of sp³-hybridized carbons (Fsp3) is 0.412. The van der Waals surface area contributed by atoms with Crippen molar-refractivity contribution in [2.24, 2.45) is 11.1 Å². The van der Waals surface area contributed by atoms with Gasteiger partial charge in [-0.1, -0.05) is 31.0 Å². The van der Waals surface area contributed by atoms with Crippen LogP contribution in [-0.4, -0.2) is 24.2 Å². The van der Waals surface area contributed by atoms with Gasteiger partial charge in [-0.05, 0) is 42.5 Å². The summed E-state index contributed by atoms with van der Waals surface area (Å²) >= 11 is 6.01. The zero-order valence-electron chi connectivity index (χ0n) is 14.0. The van der Waals surface area contributed by atoms with E-state index in [0.717, 1.165) is 24.8 Å². The minimum atomic E-state index is -3.59. The fourth-order valence-electron chi connectivity index (χ4n) is 2.73. The van der Waals surface area contributed by atoms with Gasteiger partial charge in [-0.2, -0.15) is 0 Å². The molecule has 0 fully saturated rings. The molecule has 6 nitrogen and oxygen atoms in total. The number of nitrogens with zero attached hydrogens (tertiary/aromatic N) is 1. The van der Waals surface area contributed by atoms with Gasteiger partial charge in [0.25, 0.3) is 0 Å². The van der Waals surface area contributed by atoms with Gasteiger partial charge in [-0.3, -0.25) is 4.79 Å². The third kappa shape index (κ3) is 6.26. The first kappa shape index (κ1) is 19.6. The summed E-state index contributed by atoms with van der Waals surface area (Å²) in [5.74, 6) is -0.279. The van der Waals surface area contributed by atoms with Crippen LogP contribution < -0.4 is 5.14 Å². The van der Waals surface area contributed by atoms with E-state index in [4.69, 9.17) is 16.7 Å². The second-order valence-electron chi connectivity index (χ2n) is 6.19. The molecule has 1 unspecified atom stereocenters. The number of nitrogens with two attached hydrogens (primary N) is 1. The molecule has 0 aliphatic rings.